The van der Waals surface area contributed by atoms with Gasteiger partial charge in [0.25, 0.3) is 0 Å². The monoisotopic (exact) mass is 314 g/mol. The summed E-state index contributed by atoms with van der Waals surface area (Å²) in [5.74, 6) is 1.61. The van der Waals surface area contributed by atoms with E-state index in [9.17, 15) is 13.2 Å². The molecule has 0 fully saturated rings. The standard InChI is InChI=1S/C15H22O3S2/c1-10-8-11(2)15(13(4)16)12(3)14(10)9-19-6-7-20(5,17)18/h8H,6-7,9H2,1-5H3. The van der Waals surface area contributed by atoms with E-state index in [-0.39, 0.29) is 11.5 Å². The lowest BCUT2D eigenvalue weighted by Gasteiger charge is -2.15. The fourth-order valence-electron chi connectivity index (χ4n) is 2.37. The largest absolute Gasteiger partial charge is 0.294 e. The third kappa shape index (κ3) is 4.63. The SMILES string of the molecule is CC(=O)c1c(C)cc(C)c(CSCCS(C)(=O)=O)c1C. The van der Waals surface area contributed by atoms with Crippen molar-refractivity contribution in [2.45, 2.75) is 33.4 Å². The summed E-state index contributed by atoms with van der Waals surface area (Å²) < 4.78 is 22.2. The fourth-order valence-corrected chi connectivity index (χ4v) is 4.85. The Morgan fingerprint density at radius 3 is 2.30 bits per heavy atom. The van der Waals surface area contributed by atoms with Gasteiger partial charge in [-0.05, 0) is 49.9 Å². The number of benzene rings is 1. The van der Waals surface area contributed by atoms with Crippen molar-refractivity contribution in [1.29, 1.82) is 0 Å². The summed E-state index contributed by atoms with van der Waals surface area (Å²) in [7, 11) is -2.90. The summed E-state index contributed by atoms with van der Waals surface area (Å²) in [6, 6.07) is 2.04. The van der Waals surface area contributed by atoms with Crippen LogP contribution in [-0.4, -0.2) is 32.0 Å². The lowest BCUT2D eigenvalue weighted by molar-refractivity contribution is 0.101. The first-order valence-electron chi connectivity index (χ1n) is 6.49. The minimum Gasteiger partial charge on any atom is -0.294 e. The molecule has 0 bridgehead atoms. The average Bonchev–Trinajstić information content (AvgIpc) is 2.24. The molecule has 0 aliphatic heterocycles. The van der Waals surface area contributed by atoms with Crippen molar-refractivity contribution in [2.24, 2.45) is 0 Å². The van der Waals surface area contributed by atoms with Gasteiger partial charge < -0.3 is 0 Å². The second-order valence-electron chi connectivity index (χ2n) is 5.23. The number of aryl methyl sites for hydroxylation is 2. The molecule has 1 aromatic rings. The van der Waals surface area contributed by atoms with Crippen molar-refractivity contribution in [2.75, 3.05) is 17.8 Å². The van der Waals surface area contributed by atoms with E-state index in [0.29, 0.717) is 5.75 Å². The minimum atomic E-state index is -2.90. The van der Waals surface area contributed by atoms with E-state index in [1.807, 2.05) is 26.8 Å². The van der Waals surface area contributed by atoms with Gasteiger partial charge in [-0.1, -0.05) is 6.07 Å². The van der Waals surface area contributed by atoms with E-state index in [4.69, 9.17) is 0 Å². The molecule has 0 amide bonds. The summed E-state index contributed by atoms with van der Waals surface area (Å²) >= 11 is 1.60. The maximum Gasteiger partial charge on any atom is 0.160 e. The highest BCUT2D eigenvalue weighted by Crippen LogP contribution is 2.26. The lowest BCUT2D eigenvalue weighted by Crippen LogP contribution is -2.07. The molecule has 0 saturated carbocycles. The number of Topliss-reactive ketones (excluding diaryl/α,β-unsaturated/α-hetero) is 1. The number of sulfone groups is 1. The van der Waals surface area contributed by atoms with Crippen LogP contribution < -0.4 is 0 Å². The zero-order valence-corrected chi connectivity index (χ0v) is 14.4. The Morgan fingerprint density at radius 1 is 1.20 bits per heavy atom. The number of carbonyl (C=O) groups is 1. The molecule has 0 unspecified atom stereocenters. The van der Waals surface area contributed by atoms with Crippen LogP contribution in [0.25, 0.3) is 0 Å². The van der Waals surface area contributed by atoms with Crippen LogP contribution in [0.3, 0.4) is 0 Å². The molecule has 0 aliphatic rings. The number of thioether (sulfide) groups is 1. The van der Waals surface area contributed by atoms with Gasteiger partial charge in [0.05, 0.1) is 5.75 Å². The minimum absolute atomic E-state index is 0.0855. The Morgan fingerprint density at radius 2 is 1.80 bits per heavy atom. The first kappa shape index (κ1) is 17.2. The van der Waals surface area contributed by atoms with Gasteiger partial charge in [0.15, 0.2) is 5.78 Å². The molecule has 0 spiro atoms. The second-order valence-corrected chi connectivity index (χ2v) is 8.59. The van der Waals surface area contributed by atoms with E-state index in [1.165, 1.54) is 6.26 Å². The molecule has 5 heteroatoms. The van der Waals surface area contributed by atoms with Crippen LogP contribution in [0.4, 0.5) is 0 Å². The van der Waals surface area contributed by atoms with Gasteiger partial charge in [0, 0.05) is 23.3 Å². The Balaban J connectivity index is 2.90. The first-order chi connectivity index (χ1) is 9.13. The van der Waals surface area contributed by atoms with Crippen LogP contribution in [0, 0.1) is 20.8 Å². The smallest absolute Gasteiger partial charge is 0.160 e. The summed E-state index contributed by atoms with van der Waals surface area (Å²) in [6.07, 6.45) is 1.25. The van der Waals surface area contributed by atoms with E-state index in [0.717, 1.165) is 33.6 Å². The number of hydrogen-bond donors (Lipinski definition) is 0. The van der Waals surface area contributed by atoms with Gasteiger partial charge in [-0.25, -0.2) is 8.42 Å². The Labute approximate surface area is 126 Å². The van der Waals surface area contributed by atoms with Crippen LogP contribution in [0.1, 0.15) is 39.5 Å². The van der Waals surface area contributed by atoms with Crippen LogP contribution >= 0.6 is 11.8 Å². The van der Waals surface area contributed by atoms with Crippen LogP contribution in [0.15, 0.2) is 6.07 Å². The van der Waals surface area contributed by atoms with Crippen LogP contribution in [0.2, 0.25) is 0 Å². The van der Waals surface area contributed by atoms with Crippen molar-refractivity contribution in [3.63, 3.8) is 0 Å². The molecule has 0 saturated heterocycles. The molecule has 1 rings (SSSR count). The first-order valence-corrected chi connectivity index (χ1v) is 9.71. The third-order valence-electron chi connectivity index (χ3n) is 3.33. The van der Waals surface area contributed by atoms with Crippen molar-refractivity contribution >= 4 is 27.4 Å². The molecule has 3 nitrogen and oxygen atoms in total. The quantitative estimate of drug-likeness (QED) is 0.598. The number of rotatable bonds is 6. The lowest BCUT2D eigenvalue weighted by atomic mass is 9.92. The van der Waals surface area contributed by atoms with E-state index < -0.39 is 9.84 Å². The topological polar surface area (TPSA) is 51.2 Å². The van der Waals surface area contributed by atoms with Crippen molar-refractivity contribution in [1.82, 2.24) is 0 Å². The molecular formula is C15H22O3S2. The van der Waals surface area contributed by atoms with Crippen molar-refractivity contribution < 1.29 is 13.2 Å². The summed E-state index contributed by atoms with van der Waals surface area (Å²) in [6.45, 7) is 7.56. The molecule has 0 heterocycles. The molecule has 0 N–H and O–H groups in total. The normalized spacial score (nSPS) is 11.7. The second kappa shape index (κ2) is 6.76. The van der Waals surface area contributed by atoms with Gasteiger partial charge in [-0.2, -0.15) is 11.8 Å². The van der Waals surface area contributed by atoms with E-state index in [2.05, 4.69) is 0 Å². The van der Waals surface area contributed by atoms with Crippen LogP contribution in [0.5, 0.6) is 0 Å². The molecule has 20 heavy (non-hydrogen) atoms. The zero-order chi connectivity index (χ0) is 15.5. The highest BCUT2D eigenvalue weighted by atomic mass is 32.2. The number of carbonyl (C=O) groups excluding carboxylic acids is 1. The number of hydrogen-bond acceptors (Lipinski definition) is 4. The van der Waals surface area contributed by atoms with Crippen molar-refractivity contribution in [3.8, 4) is 0 Å². The van der Waals surface area contributed by atoms with Gasteiger partial charge in [0.2, 0.25) is 0 Å². The Hall–Kier alpha value is -0.810. The zero-order valence-electron chi connectivity index (χ0n) is 12.7. The van der Waals surface area contributed by atoms with Crippen LogP contribution in [-0.2, 0) is 15.6 Å². The van der Waals surface area contributed by atoms with E-state index in [1.54, 1.807) is 18.7 Å². The van der Waals surface area contributed by atoms with Gasteiger partial charge in [-0.15, -0.1) is 0 Å². The maximum absolute atomic E-state index is 11.7. The summed E-state index contributed by atoms with van der Waals surface area (Å²) in [4.78, 5) is 11.7. The predicted octanol–water partition coefficient (Wildman–Crippen LogP) is 3.09. The molecule has 1 aromatic carbocycles. The molecular weight excluding hydrogens is 292 g/mol. The Kier molecular flexibility index (Phi) is 5.83. The van der Waals surface area contributed by atoms with Gasteiger partial charge in [0.1, 0.15) is 9.84 Å². The summed E-state index contributed by atoms with van der Waals surface area (Å²) in [5, 5.41) is 0. The van der Waals surface area contributed by atoms with E-state index >= 15 is 0 Å². The molecule has 0 radical (unpaired) electrons. The van der Waals surface area contributed by atoms with Gasteiger partial charge >= 0.3 is 0 Å². The highest BCUT2D eigenvalue weighted by molar-refractivity contribution is 7.99. The molecule has 112 valence electrons. The predicted molar refractivity (Wildman–Crippen MR) is 86.5 cm³/mol. The highest BCUT2D eigenvalue weighted by Gasteiger charge is 2.14. The average molecular weight is 314 g/mol. The van der Waals surface area contributed by atoms with Gasteiger partial charge in [-0.3, -0.25) is 4.79 Å². The summed E-state index contributed by atoms with van der Waals surface area (Å²) in [5.41, 5.74) is 5.16. The maximum atomic E-state index is 11.7. The molecule has 0 aliphatic carbocycles. The molecule has 0 aromatic heterocycles. The Bertz CT molecular complexity index is 616. The molecule has 0 atom stereocenters. The third-order valence-corrected chi connectivity index (χ3v) is 5.52. The van der Waals surface area contributed by atoms with Crippen molar-refractivity contribution in [3.05, 3.63) is 33.9 Å². The fraction of sp³-hybridized carbons (Fsp3) is 0.533. The number of ketones is 1.